The van der Waals surface area contributed by atoms with Crippen LogP contribution < -0.4 is 14.5 Å². The van der Waals surface area contributed by atoms with Crippen LogP contribution >= 0.6 is 0 Å². The van der Waals surface area contributed by atoms with Gasteiger partial charge < -0.3 is 63.3 Å². The molecule has 344 valence electrons. The first-order valence-electron chi connectivity index (χ1n) is 21.1. The number of allylic oxidation sites excluding steroid dienone is 3. The number of aliphatic hydroxyl groups excluding tert-OH is 3. The van der Waals surface area contributed by atoms with E-state index in [1.165, 1.54) is 19.6 Å². The summed E-state index contributed by atoms with van der Waals surface area (Å²) in [6.07, 6.45) is -8.00. The molecule has 61 heavy (non-hydrogen) atoms. The normalized spacial score (nSPS) is 30.8. The van der Waals surface area contributed by atoms with Gasteiger partial charge in [0.05, 0.1) is 0 Å². The number of carbonyl (C=O) groups excluding carboxylic acids is 2. The minimum Gasteiger partial charge on any atom is -0.543 e. The van der Waals surface area contributed by atoms with E-state index in [-0.39, 0.29) is 22.6 Å². The molecule has 4 rings (SSSR count). The van der Waals surface area contributed by atoms with Crippen molar-refractivity contribution < 1.29 is 72.4 Å². The van der Waals surface area contributed by atoms with Crippen molar-refractivity contribution in [3.63, 3.8) is 0 Å². The number of hydrogen-bond donors (Lipinski definition) is 5. The van der Waals surface area contributed by atoms with E-state index in [0.29, 0.717) is 5.75 Å². The number of unbranched alkanes of at least 4 members (excludes halogenated alkanes) is 2. The van der Waals surface area contributed by atoms with Crippen molar-refractivity contribution in [3.05, 3.63) is 47.1 Å². The van der Waals surface area contributed by atoms with E-state index in [4.69, 9.17) is 37.6 Å². The Labute approximate surface area is 361 Å². The highest BCUT2D eigenvalue weighted by atomic mass is 28.4. The Hall–Kier alpha value is -3.39. The van der Waals surface area contributed by atoms with E-state index in [9.17, 15) is 34.8 Å². The molecule has 1 amide bonds. The highest BCUT2D eigenvalue weighted by Crippen LogP contribution is 2.49. The van der Waals surface area contributed by atoms with Gasteiger partial charge in [-0.3, -0.25) is 4.79 Å². The number of aliphatic carboxylic acids is 1. The topological polar surface area (TPSA) is 218 Å². The summed E-state index contributed by atoms with van der Waals surface area (Å²) in [6.45, 7) is 22.0. The molecule has 0 saturated carbocycles. The molecule has 5 N–H and O–H groups in total. The Kier molecular flexibility index (Phi) is 17.6. The number of carbonyl (C=O) groups is 3. The number of amides is 1. The van der Waals surface area contributed by atoms with Gasteiger partial charge in [0, 0.05) is 32.6 Å². The number of ether oxygens (including phenoxy) is 7. The Balaban J connectivity index is 1.70. The van der Waals surface area contributed by atoms with Gasteiger partial charge in [-0.2, -0.15) is 0 Å². The number of benzene rings is 1. The molecule has 2 saturated heterocycles. The Morgan fingerprint density at radius 3 is 2.20 bits per heavy atom. The van der Waals surface area contributed by atoms with Gasteiger partial charge in [-0.1, -0.05) is 64.3 Å². The summed E-state index contributed by atoms with van der Waals surface area (Å²) in [5.74, 6) is -1.31. The largest absolute Gasteiger partial charge is 0.543 e. The average Bonchev–Trinajstić information content (AvgIpc) is 3.16. The van der Waals surface area contributed by atoms with Crippen LogP contribution in [0.4, 0.5) is 4.79 Å². The van der Waals surface area contributed by atoms with Crippen LogP contribution in [0.2, 0.25) is 18.1 Å². The standard InChI is InChI=1S/C44H69NO15Si/c1-13-14-15-16-26-20-29(32(28-19-24(4)17-18-27(28)23(2)3)30(21-26)60-61(11,12)44(6,7)8)57-43(52)55-22-31-34(47)37(33(45-25(5)46)41(54-10)56-31)58-42-36(49)35(48)38(53-9)39(59-42)40(50)51/h19-21,27-28,31,33-39,41-42,47-49H,2,13-18,22H2,1,3-12H3,(H,45,46)(H,50,51)/t27-,28+,31?,33?,34?,35?,36?,37?,38?,39?,41?,42?/m0/s1. The van der Waals surface area contributed by atoms with Crippen LogP contribution in [0.1, 0.15) is 97.6 Å². The third-order valence-electron chi connectivity index (χ3n) is 12.3. The van der Waals surface area contributed by atoms with Crippen LogP contribution in [0.25, 0.3) is 0 Å². The summed E-state index contributed by atoms with van der Waals surface area (Å²) in [5, 5.41) is 45.5. The van der Waals surface area contributed by atoms with Gasteiger partial charge in [0.25, 0.3) is 0 Å². The van der Waals surface area contributed by atoms with Crippen molar-refractivity contribution in [2.75, 3.05) is 20.8 Å². The van der Waals surface area contributed by atoms with Crippen molar-refractivity contribution in [2.24, 2.45) is 5.92 Å². The molecule has 1 aliphatic carbocycles. The van der Waals surface area contributed by atoms with E-state index in [2.05, 4.69) is 71.8 Å². The van der Waals surface area contributed by atoms with E-state index >= 15 is 0 Å². The molecule has 1 aromatic carbocycles. The number of methoxy groups -OCH3 is 2. The smallest absolute Gasteiger partial charge is 0.513 e. The van der Waals surface area contributed by atoms with Gasteiger partial charge >= 0.3 is 12.1 Å². The fourth-order valence-corrected chi connectivity index (χ4v) is 8.88. The predicted octanol–water partition coefficient (Wildman–Crippen LogP) is 5.50. The van der Waals surface area contributed by atoms with E-state index in [0.717, 1.165) is 62.3 Å². The summed E-state index contributed by atoms with van der Waals surface area (Å²) in [7, 11) is -0.00812. The fourth-order valence-electron chi connectivity index (χ4n) is 7.85. The van der Waals surface area contributed by atoms with Crippen LogP contribution in [-0.2, 0) is 44.4 Å². The number of carboxylic acids is 1. The molecule has 0 aromatic heterocycles. The van der Waals surface area contributed by atoms with Crippen LogP contribution in [-0.4, -0.2) is 129 Å². The zero-order chi connectivity index (χ0) is 45.6. The lowest BCUT2D eigenvalue weighted by atomic mass is 9.73. The van der Waals surface area contributed by atoms with Crippen LogP contribution in [0.15, 0.2) is 35.9 Å². The van der Waals surface area contributed by atoms with Gasteiger partial charge in [-0.05, 0) is 81.3 Å². The molecule has 0 radical (unpaired) electrons. The molecule has 2 aliphatic heterocycles. The number of hydrogen-bond acceptors (Lipinski definition) is 14. The summed E-state index contributed by atoms with van der Waals surface area (Å²) >= 11 is 0. The monoisotopic (exact) mass is 879 g/mol. The lowest BCUT2D eigenvalue weighted by Gasteiger charge is -2.47. The predicted molar refractivity (Wildman–Crippen MR) is 227 cm³/mol. The van der Waals surface area contributed by atoms with Crippen LogP contribution in [0.3, 0.4) is 0 Å². The molecule has 17 heteroatoms. The third kappa shape index (κ3) is 12.2. The van der Waals surface area contributed by atoms with E-state index < -0.39 is 94.3 Å². The van der Waals surface area contributed by atoms with Crippen LogP contribution in [0, 0.1) is 5.92 Å². The molecule has 10 unspecified atom stereocenters. The second kappa shape index (κ2) is 21.3. The third-order valence-corrected chi connectivity index (χ3v) is 16.6. The quantitative estimate of drug-likeness (QED) is 0.0429. The maximum Gasteiger partial charge on any atom is 0.513 e. The van der Waals surface area contributed by atoms with Crippen molar-refractivity contribution >= 4 is 26.3 Å². The number of aliphatic hydroxyl groups is 3. The van der Waals surface area contributed by atoms with Gasteiger partial charge in [0.2, 0.25) is 14.2 Å². The first-order valence-corrected chi connectivity index (χ1v) is 24.0. The first kappa shape index (κ1) is 50.3. The highest BCUT2D eigenvalue weighted by Gasteiger charge is 2.53. The SMILES string of the molecule is C=C(C)[C@@H]1CCC(C)=C[C@H]1c1c(OC(=O)OCC2OC(OC)C(NC(C)=O)C(OC3OC(C(=O)O)C(OC)C(O)C3O)C2O)cc(CCCCC)cc1O[Si](C)(C)C(C)(C)C. The average molecular weight is 880 g/mol. The molecular formula is C44H69NO15Si. The summed E-state index contributed by atoms with van der Waals surface area (Å²) < 4.78 is 46.9. The minimum atomic E-state index is -2.43. The summed E-state index contributed by atoms with van der Waals surface area (Å²) in [5.41, 5.74) is 3.85. The first-order chi connectivity index (χ1) is 28.5. The van der Waals surface area contributed by atoms with E-state index in [1.54, 1.807) is 0 Å². The lowest BCUT2D eigenvalue weighted by molar-refractivity contribution is -0.339. The maximum absolute atomic E-state index is 13.9. The molecule has 0 bridgehead atoms. The Bertz CT molecular complexity index is 1730. The second-order valence-corrected chi connectivity index (χ2v) is 22.8. The number of aryl methyl sites for hydroxylation is 1. The molecule has 3 aliphatic rings. The fraction of sp³-hybridized carbons (Fsp3) is 0.705. The Morgan fingerprint density at radius 2 is 1.62 bits per heavy atom. The molecule has 2 heterocycles. The maximum atomic E-state index is 13.9. The van der Waals surface area contributed by atoms with Crippen molar-refractivity contribution in [1.29, 1.82) is 0 Å². The molecule has 12 atom stereocenters. The number of carboxylic acid groups (broad SMARTS) is 1. The van der Waals surface area contributed by atoms with Crippen molar-refractivity contribution in [3.8, 4) is 11.5 Å². The minimum absolute atomic E-state index is 0.0407. The highest BCUT2D eigenvalue weighted by molar-refractivity contribution is 6.74. The molecular weight excluding hydrogens is 811 g/mol. The Morgan fingerprint density at radius 1 is 0.951 bits per heavy atom. The molecule has 16 nitrogen and oxygen atoms in total. The molecule has 1 aromatic rings. The summed E-state index contributed by atoms with van der Waals surface area (Å²) in [6, 6.07) is 2.71. The second-order valence-electron chi connectivity index (χ2n) is 18.1. The van der Waals surface area contributed by atoms with Gasteiger partial charge in [0.1, 0.15) is 60.8 Å². The molecule has 0 spiro atoms. The van der Waals surface area contributed by atoms with Gasteiger partial charge in [0.15, 0.2) is 18.7 Å². The van der Waals surface area contributed by atoms with Gasteiger partial charge in [-0.25, -0.2) is 9.59 Å². The van der Waals surface area contributed by atoms with Crippen molar-refractivity contribution in [1.82, 2.24) is 5.32 Å². The van der Waals surface area contributed by atoms with Crippen molar-refractivity contribution in [2.45, 2.75) is 172 Å². The number of rotatable bonds is 17. The number of nitrogens with one attached hydrogen (secondary N) is 1. The van der Waals surface area contributed by atoms with Gasteiger partial charge in [-0.15, -0.1) is 0 Å². The summed E-state index contributed by atoms with van der Waals surface area (Å²) in [4.78, 5) is 38.2. The zero-order valence-electron chi connectivity index (χ0n) is 37.6. The van der Waals surface area contributed by atoms with E-state index in [1.807, 2.05) is 13.0 Å². The van der Waals surface area contributed by atoms with Crippen LogP contribution in [0.5, 0.6) is 11.5 Å². The molecule has 2 fully saturated rings. The zero-order valence-corrected chi connectivity index (χ0v) is 38.6. The lowest BCUT2D eigenvalue weighted by Crippen LogP contribution is -2.68.